The number of esters is 1. The molecule has 94 valence electrons. The summed E-state index contributed by atoms with van der Waals surface area (Å²) in [5.41, 5.74) is 1.19. The third kappa shape index (κ3) is 2.85. The minimum atomic E-state index is -0.0790. The number of hydrogen-bond donors (Lipinski definition) is 1. The van der Waals surface area contributed by atoms with Crippen molar-refractivity contribution in [2.75, 3.05) is 13.2 Å². The van der Waals surface area contributed by atoms with Crippen molar-refractivity contribution in [3.8, 4) is 0 Å². The van der Waals surface area contributed by atoms with Gasteiger partial charge in [-0.05, 0) is 19.8 Å². The molecule has 1 aliphatic rings. The number of hydrogen-bond acceptors (Lipinski definition) is 4. The van der Waals surface area contributed by atoms with Crippen molar-refractivity contribution in [1.29, 1.82) is 0 Å². The lowest BCUT2D eigenvalue weighted by atomic mass is 9.92. The number of piperidine rings is 1. The minimum absolute atomic E-state index is 0.00266. The fraction of sp³-hybridized carbons (Fsp3) is 0.667. The van der Waals surface area contributed by atoms with Gasteiger partial charge in [-0.25, -0.2) is 0 Å². The van der Waals surface area contributed by atoms with Crippen LogP contribution in [0.1, 0.15) is 31.4 Å². The maximum atomic E-state index is 11.6. The zero-order valence-corrected chi connectivity index (χ0v) is 10.3. The molecule has 0 spiro atoms. The highest BCUT2D eigenvalue weighted by Gasteiger charge is 2.27. The van der Waals surface area contributed by atoms with Crippen molar-refractivity contribution in [1.82, 2.24) is 15.1 Å². The molecule has 5 heteroatoms. The normalized spacial score (nSPS) is 24.6. The van der Waals surface area contributed by atoms with Gasteiger partial charge < -0.3 is 10.1 Å². The highest BCUT2D eigenvalue weighted by atomic mass is 16.5. The Morgan fingerprint density at radius 2 is 2.47 bits per heavy atom. The molecule has 0 radical (unpaired) electrons. The Labute approximate surface area is 101 Å². The van der Waals surface area contributed by atoms with Gasteiger partial charge in [-0.2, -0.15) is 5.10 Å². The standard InChI is InChI=1S/C12H19N3O2/c1-3-17-12(16)9-4-5-11(13-6-9)10-7-14-15(2)8-10/h7-9,11,13H,3-6H2,1-2H3. The maximum absolute atomic E-state index is 11.6. The van der Waals surface area contributed by atoms with Crippen molar-refractivity contribution in [2.24, 2.45) is 13.0 Å². The summed E-state index contributed by atoms with van der Waals surface area (Å²) in [5, 5.41) is 7.54. The summed E-state index contributed by atoms with van der Waals surface area (Å²) in [6.07, 6.45) is 5.73. The van der Waals surface area contributed by atoms with E-state index < -0.39 is 0 Å². The first kappa shape index (κ1) is 12.1. The van der Waals surface area contributed by atoms with Crippen molar-refractivity contribution in [2.45, 2.75) is 25.8 Å². The zero-order valence-electron chi connectivity index (χ0n) is 10.3. The van der Waals surface area contributed by atoms with Gasteiger partial charge in [0.25, 0.3) is 0 Å². The van der Waals surface area contributed by atoms with Crippen LogP contribution >= 0.6 is 0 Å². The van der Waals surface area contributed by atoms with E-state index in [1.165, 1.54) is 5.56 Å². The molecule has 2 rings (SSSR count). The zero-order chi connectivity index (χ0) is 12.3. The minimum Gasteiger partial charge on any atom is -0.466 e. The highest BCUT2D eigenvalue weighted by Crippen LogP contribution is 2.25. The number of aryl methyl sites for hydroxylation is 1. The van der Waals surface area contributed by atoms with Gasteiger partial charge in [0.1, 0.15) is 0 Å². The number of carbonyl (C=O) groups excluding carboxylic acids is 1. The Bertz CT molecular complexity index is 381. The van der Waals surface area contributed by atoms with Crippen molar-refractivity contribution >= 4 is 5.97 Å². The average Bonchev–Trinajstić information content (AvgIpc) is 2.76. The van der Waals surface area contributed by atoms with Gasteiger partial charge in [0, 0.05) is 31.4 Å². The molecule has 2 atom stereocenters. The predicted octanol–water partition coefficient (Wildman–Crippen LogP) is 1.02. The van der Waals surface area contributed by atoms with Crippen LogP contribution < -0.4 is 5.32 Å². The SMILES string of the molecule is CCOC(=O)C1CCC(c2cnn(C)c2)NC1. The number of rotatable bonds is 3. The molecule has 1 fully saturated rings. The molecule has 0 amide bonds. The lowest BCUT2D eigenvalue weighted by molar-refractivity contribution is -0.148. The second-order valence-corrected chi connectivity index (χ2v) is 4.43. The van der Waals surface area contributed by atoms with E-state index in [1.807, 2.05) is 26.4 Å². The van der Waals surface area contributed by atoms with Crippen LogP contribution in [0.25, 0.3) is 0 Å². The average molecular weight is 237 g/mol. The summed E-state index contributed by atoms with van der Waals surface area (Å²) in [6, 6.07) is 0.314. The first-order valence-corrected chi connectivity index (χ1v) is 6.09. The fourth-order valence-electron chi connectivity index (χ4n) is 2.22. The van der Waals surface area contributed by atoms with Crippen molar-refractivity contribution in [3.63, 3.8) is 0 Å². The predicted molar refractivity (Wildman–Crippen MR) is 63.3 cm³/mol. The molecule has 1 aromatic heterocycles. The van der Waals surface area contributed by atoms with Crippen LogP contribution in [-0.2, 0) is 16.6 Å². The Hall–Kier alpha value is -1.36. The molecule has 1 aromatic rings. The van der Waals surface area contributed by atoms with E-state index in [0.717, 1.165) is 12.8 Å². The highest BCUT2D eigenvalue weighted by molar-refractivity contribution is 5.72. The second kappa shape index (κ2) is 5.31. The Morgan fingerprint density at radius 1 is 1.65 bits per heavy atom. The Balaban J connectivity index is 1.88. The second-order valence-electron chi connectivity index (χ2n) is 4.43. The molecule has 0 aromatic carbocycles. The number of nitrogens with zero attached hydrogens (tertiary/aromatic N) is 2. The molecular weight excluding hydrogens is 218 g/mol. The molecule has 17 heavy (non-hydrogen) atoms. The molecule has 0 aliphatic carbocycles. The smallest absolute Gasteiger partial charge is 0.310 e. The third-order valence-electron chi connectivity index (χ3n) is 3.16. The van der Waals surface area contributed by atoms with Gasteiger partial charge in [-0.1, -0.05) is 0 Å². The Kier molecular flexibility index (Phi) is 3.78. The van der Waals surface area contributed by atoms with Crippen LogP contribution in [0.4, 0.5) is 0 Å². The first-order valence-electron chi connectivity index (χ1n) is 6.09. The van der Waals surface area contributed by atoms with Gasteiger partial charge in [0.05, 0.1) is 18.7 Å². The summed E-state index contributed by atoms with van der Waals surface area (Å²) >= 11 is 0. The van der Waals surface area contributed by atoms with E-state index in [4.69, 9.17) is 4.74 Å². The van der Waals surface area contributed by atoms with Crippen LogP contribution in [0.5, 0.6) is 0 Å². The molecule has 0 bridgehead atoms. The van der Waals surface area contributed by atoms with E-state index in [2.05, 4.69) is 10.4 Å². The van der Waals surface area contributed by atoms with Crippen LogP contribution in [-0.4, -0.2) is 28.9 Å². The van der Waals surface area contributed by atoms with Gasteiger partial charge in [0.15, 0.2) is 0 Å². The number of carbonyl (C=O) groups is 1. The molecule has 1 saturated heterocycles. The van der Waals surface area contributed by atoms with Crippen molar-refractivity contribution < 1.29 is 9.53 Å². The molecular formula is C12H19N3O2. The largest absolute Gasteiger partial charge is 0.466 e. The first-order chi connectivity index (χ1) is 8.20. The van der Waals surface area contributed by atoms with Crippen molar-refractivity contribution in [3.05, 3.63) is 18.0 Å². The monoisotopic (exact) mass is 237 g/mol. The summed E-state index contributed by atoms with van der Waals surface area (Å²) < 4.78 is 6.83. The van der Waals surface area contributed by atoms with Crippen LogP contribution in [0.2, 0.25) is 0 Å². The lowest BCUT2D eigenvalue weighted by Crippen LogP contribution is -2.37. The van der Waals surface area contributed by atoms with E-state index in [1.54, 1.807) is 4.68 Å². The van der Waals surface area contributed by atoms with Gasteiger partial charge in [-0.3, -0.25) is 9.48 Å². The topological polar surface area (TPSA) is 56.1 Å². The lowest BCUT2D eigenvalue weighted by Gasteiger charge is -2.27. The molecule has 1 aliphatic heterocycles. The summed E-state index contributed by atoms with van der Waals surface area (Å²) in [7, 11) is 1.91. The van der Waals surface area contributed by atoms with Crippen LogP contribution in [0.3, 0.4) is 0 Å². The maximum Gasteiger partial charge on any atom is 0.310 e. The third-order valence-corrected chi connectivity index (χ3v) is 3.16. The Morgan fingerprint density at radius 3 is 3.00 bits per heavy atom. The van der Waals surface area contributed by atoms with Crippen LogP contribution in [0, 0.1) is 5.92 Å². The van der Waals surface area contributed by atoms with Gasteiger partial charge in [0.2, 0.25) is 0 Å². The van der Waals surface area contributed by atoms with E-state index >= 15 is 0 Å². The van der Waals surface area contributed by atoms with E-state index in [0.29, 0.717) is 19.2 Å². The van der Waals surface area contributed by atoms with Gasteiger partial charge in [-0.15, -0.1) is 0 Å². The molecule has 1 N–H and O–H groups in total. The van der Waals surface area contributed by atoms with Crippen LogP contribution in [0.15, 0.2) is 12.4 Å². The molecule has 5 nitrogen and oxygen atoms in total. The number of nitrogens with one attached hydrogen (secondary N) is 1. The molecule has 0 saturated carbocycles. The molecule has 2 heterocycles. The fourth-order valence-corrected chi connectivity index (χ4v) is 2.22. The van der Waals surface area contributed by atoms with E-state index in [9.17, 15) is 4.79 Å². The quantitative estimate of drug-likeness (QED) is 0.798. The summed E-state index contributed by atoms with van der Waals surface area (Å²) in [5.74, 6) is -0.0764. The molecule has 2 unspecified atom stereocenters. The van der Waals surface area contributed by atoms with Gasteiger partial charge >= 0.3 is 5.97 Å². The number of ether oxygens (including phenoxy) is 1. The summed E-state index contributed by atoms with van der Waals surface area (Å²) in [4.78, 5) is 11.6. The van der Waals surface area contributed by atoms with E-state index in [-0.39, 0.29) is 11.9 Å². The number of aromatic nitrogens is 2. The summed E-state index contributed by atoms with van der Waals surface area (Å²) in [6.45, 7) is 2.99.